The van der Waals surface area contributed by atoms with Gasteiger partial charge in [-0.1, -0.05) is 227 Å². The molecule has 0 N–H and O–H groups in total. The van der Waals surface area contributed by atoms with Crippen LogP contribution in [0, 0.1) is 90.0 Å². The third kappa shape index (κ3) is 16.3. The Labute approximate surface area is 828 Å². The Bertz CT molecular complexity index is 8110. The summed E-state index contributed by atoms with van der Waals surface area (Å²) in [6.45, 7) is 30.0. The highest BCUT2D eigenvalue weighted by Gasteiger charge is 2.38. The van der Waals surface area contributed by atoms with Gasteiger partial charge in [-0.2, -0.15) is 0 Å². The molecule has 5 aromatic heterocycles. The van der Waals surface area contributed by atoms with Crippen LogP contribution in [0.25, 0.3) is 67.0 Å². The lowest BCUT2D eigenvalue weighted by molar-refractivity contribution is 0.289. The molecule has 0 amide bonds. The molecule has 12 heterocycles. The van der Waals surface area contributed by atoms with E-state index in [0.29, 0.717) is 18.4 Å². The average molecular weight is 1870 g/mol. The van der Waals surface area contributed by atoms with Crippen molar-refractivity contribution in [1.29, 1.82) is 0 Å². The second-order valence-electron chi connectivity index (χ2n) is 39.0. The number of furan rings is 5. The van der Waals surface area contributed by atoms with E-state index in [-0.39, 0.29) is 0 Å². The van der Waals surface area contributed by atoms with Gasteiger partial charge in [-0.05, 0) is 324 Å². The quantitative estimate of drug-likeness (QED) is 0.162. The summed E-state index contributed by atoms with van der Waals surface area (Å²) in [5.41, 5.74) is 44.8. The molecule has 0 unspecified atom stereocenters. The Morgan fingerprint density at radius 2 is 0.634 bits per heavy atom. The monoisotopic (exact) mass is 1860 g/mol. The van der Waals surface area contributed by atoms with Gasteiger partial charge in [0.05, 0.1) is 80.9 Å². The maximum Gasteiger partial charge on any atom is 0.248 e. The Hall–Kier alpha value is -16.3. The lowest BCUT2D eigenvalue weighted by Gasteiger charge is -2.31. The van der Waals surface area contributed by atoms with Gasteiger partial charge in [0, 0.05) is 38.4 Å². The van der Waals surface area contributed by atoms with E-state index in [1.54, 1.807) is 0 Å². The van der Waals surface area contributed by atoms with Crippen LogP contribution in [-0.4, -0.2) is 13.2 Å². The molecule has 0 fully saturated rings. The standard InChI is InChI=1S/C27H25NO2.C26H25NO.C26H23NO.C24H21N3O.C24H19NO3/c1-18-14-15-25-22(17-18)21-11-4-8-19-7-2-3-12-23(19)28(27(21)30-25)24-13-5-9-20-10-6-16-29-26(20)24;2*1-16-9-12-24-22(15-16)21-11-10-20-7-5-6-8-23(20)27(26(21)28-24)25-18(3)13-17(2)14-19(25)4;1-14-9-10-21-18(13-14)22-24(28-21)27(20-8-6-5-7-19(20)25-26-22)23-16(3)11-15(2)12-17(23)4;1-3-11-19-17(7-1)15-27-23-18-10-2-4-13-21(18)28-24(23)25(19)20-12-5-8-16-9-6-14-26-22(16)20/h2-3,5,7,9,12-15,17H,4,6,8,10-11,16H2,1H3;5-9,12-15H,10-11H2,1-4H3;5-15H,1-4H3;5-13H,1-4H3;1-5,7-8,10-13H,6,9,14-15H2. The highest BCUT2D eigenvalue weighted by molar-refractivity contribution is 6.05. The molecule has 704 valence electrons. The molecule has 0 saturated heterocycles. The summed E-state index contributed by atoms with van der Waals surface area (Å²) in [7, 11) is 0. The number of anilines is 15. The maximum absolute atomic E-state index is 6.57. The van der Waals surface area contributed by atoms with Crippen molar-refractivity contribution < 1.29 is 36.3 Å². The van der Waals surface area contributed by atoms with Crippen molar-refractivity contribution in [2.75, 3.05) is 37.7 Å². The van der Waals surface area contributed by atoms with Crippen LogP contribution in [-0.2, 0) is 45.1 Å². The molecule has 0 saturated carbocycles. The topological polar surface area (TPSA) is 134 Å². The molecular formula is C127H113N7O8. The van der Waals surface area contributed by atoms with E-state index in [1.165, 1.54) is 145 Å². The zero-order valence-corrected chi connectivity index (χ0v) is 82.7. The molecule has 7 aliphatic heterocycles. The number of ether oxygens (including phenoxy) is 3. The first-order valence-electron chi connectivity index (χ1n) is 49.8. The molecule has 7 aliphatic rings. The Kier molecular flexibility index (Phi) is 23.5. The van der Waals surface area contributed by atoms with Gasteiger partial charge in [-0.15, -0.1) is 10.2 Å². The third-order valence-electron chi connectivity index (χ3n) is 28.5. The van der Waals surface area contributed by atoms with Gasteiger partial charge in [0.1, 0.15) is 51.7 Å². The number of benzene rings is 15. The van der Waals surface area contributed by atoms with E-state index in [0.717, 1.165) is 207 Å². The second-order valence-corrected chi connectivity index (χ2v) is 39.0. The number of aryl methyl sites for hydroxylation is 19. The van der Waals surface area contributed by atoms with E-state index in [1.807, 2.05) is 54.6 Å². The zero-order chi connectivity index (χ0) is 96.8. The van der Waals surface area contributed by atoms with E-state index in [4.69, 9.17) is 36.3 Å². The van der Waals surface area contributed by atoms with Crippen molar-refractivity contribution in [3.8, 4) is 17.2 Å². The Morgan fingerprint density at radius 3 is 1.22 bits per heavy atom. The molecule has 0 aliphatic carbocycles. The number of nitrogens with zero attached hydrogens (tertiary/aromatic N) is 7. The molecule has 0 bridgehead atoms. The Morgan fingerprint density at radius 1 is 0.239 bits per heavy atom. The minimum absolute atomic E-state index is 0.499. The van der Waals surface area contributed by atoms with Crippen molar-refractivity contribution in [2.24, 2.45) is 10.2 Å². The van der Waals surface area contributed by atoms with Crippen LogP contribution in [0.2, 0.25) is 0 Å². The van der Waals surface area contributed by atoms with Crippen LogP contribution in [0.1, 0.15) is 142 Å². The molecule has 15 aromatic carbocycles. The fourth-order valence-electron chi connectivity index (χ4n) is 22.4. The largest absolute Gasteiger partial charge is 0.491 e. The smallest absolute Gasteiger partial charge is 0.248 e. The first kappa shape index (κ1) is 89.6. The number of azo groups is 1. The summed E-state index contributed by atoms with van der Waals surface area (Å²) < 4.78 is 50.8. The summed E-state index contributed by atoms with van der Waals surface area (Å²) in [5.74, 6) is 6.93. The van der Waals surface area contributed by atoms with Gasteiger partial charge < -0.3 is 36.3 Å². The lowest BCUT2D eigenvalue weighted by Crippen LogP contribution is -2.18. The number of fused-ring (bicyclic) bond motifs is 22. The molecule has 15 nitrogen and oxygen atoms in total. The van der Waals surface area contributed by atoms with Crippen molar-refractivity contribution in [1.82, 2.24) is 0 Å². The predicted molar refractivity (Wildman–Crippen MR) is 581 cm³/mol. The normalized spacial score (nSPS) is 13.9. The van der Waals surface area contributed by atoms with Crippen LogP contribution in [0.5, 0.6) is 17.2 Å². The van der Waals surface area contributed by atoms with E-state index in [2.05, 4.69) is 373 Å². The van der Waals surface area contributed by atoms with Gasteiger partial charge in [0.2, 0.25) is 29.4 Å². The highest BCUT2D eigenvalue weighted by atomic mass is 16.5. The van der Waals surface area contributed by atoms with Crippen LogP contribution in [0.3, 0.4) is 0 Å². The summed E-state index contributed by atoms with van der Waals surface area (Å²) in [6, 6.07) is 102. The number of hydrogen-bond acceptors (Lipinski definition) is 15. The number of para-hydroxylation sites is 8. The van der Waals surface area contributed by atoms with E-state index >= 15 is 0 Å². The number of hydrogen-bond donors (Lipinski definition) is 0. The molecule has 27 rings (SSSR count). The molecule has 0 spiro atoms. The van der Waals surface area contributed by atoms with E-state index < -0.39 is 0 Å². The van der Waals surface area contributed by atoms with Gasteiger partial charge in [-0.3, -0.25) is 24.5 Å². The van der Waals surface area contributed by atoms with Gasteiger partial charge in [0.25, 0.3) is 0 Å². The molecule has 15 heteroatoms. The predicted octanol–water partition coefficient (Wildman–Crippen LogP) is 35.9. The summed E-state index contributed by atoms with van der Waals surface area (Å²) in [5, 5.41) is 14.8. The highest BCUT2D eigenvalue weighted by Crippen LogP contribution is 2.58. The molecule has 142 heavy (non-hydrogen) atoms. The third-order valence-corrected chi connectivity index (χ3v) is 28.5. The molecule has 0 radical (unpaired) electrons. The molecule has 20 aromatic rings. The fourth-order valence-corrected chi connectivity index (χ4v) is 22.4. The van der Waals surface area contributed by atoms with E-state index in [9.17, 15) is 0 Å². The second kappa shape index (κ2) is 37.2. The van der Waals surface area contributed by atoms with Crippen LogP contribution >= 0.6 is 0 Å². The Balaban J connectivity index is 0.0000000987. The molecular weight excluding hydrogens is 1750 g/mol. The van der Waals surface area contributed by atoms with Gasteiger partial charge >= 0.3 is 0 Å². The summed E-state index contributed by atoms with van der Waals surface area (Å²) >= 11 is 0. The first-order valence-corrected chi connectivity index (χ1v) is 49.8. The van der Waals surface area contributed by atoms with Gasteiger partial charge in [0.15, 0.2) is 11.4 Å². The molecule has 0 atom stereocenters. The lowest BCUT2D eigenvalue weighted by atomic mass is 9.96. The maximum atomic E-state index is 6.57. The van der Waals surface area contributed by atoms with Crippen molar-refractivity contribution in [2.45, 2.75) is 154 Å². The minimum Gasteiger partial charge on any atom is -0.491 e. The van der Waals surface area contributed by atoms with Crippen LogP contribution in [0.4, 0.5) is 97.7 Å². The average Bonchev–Trinajstić information content (AvgIpc) is 1.59. The summed E-state index contributed by atoms with van der Waals surface area (Å²) in [4.78, 5) is 11.3. The van der Waals surface area contributed by atoms with Crippen molar-refractivity contribution in [3.63, 3.8) is 0 Å². The van der Waals surface area contributed by atoms with Crippen molar-refractivity contribution >= 4 is 165 Å². The first-order chi connectivity index (χ1) is 69.3. The van der Waals surface area contributed by atoms with Crippen molar-refractivity contribution in [3.05, 3.63) is 414 Å². The SMILES string of the molecule is Cc1cc(C)c(N2c3ccccc3C=Cc3c2oc2ccc(C)cc32)c(C)c1.Cc1cc(C)c(N2c3ccccc3CCc3c2oc2ccc(C)cc32)c(C)c1.Cc1cc(C)c(N2c3ccccc3N=Nc3c2oc2ccc(C)cc32)c(C)c1.Cc1ccc2oc3c(c2c1)CCCc1ccccc1N3c1cccc2c1OCCC2.c1ccc2c(c1)COc1c(oc3ccccc13)N2c1cccc2c1OCCC2. The van der Waals surface area contributed by atoms with Gasteiger partial charge in [-0.25, -0.2) is 0 Å². The number of rotatable bonds is 5. The van der Waals surface area contributed by atoms with Crippen LogP contribution in [0.15, 0.2) is 323 Å². The zero-order valence-electron chi connectivity index (χ0n) is 82.7. The summed E-state index contributed by atoms with van der Waals surface area (Å²) in [6.07, 6.45) is 13.8. The van der Waals surface area contributed by atoms with Crippen LogP contribution < -0.4 is 38.7 Å². The minimum atomic E-state index is 0.499. The fraction of sp³-hybridized carbons (Fsp3) is 0.197.